The van der Waals surface area contributed by atoms with Gasteiger partial charge in [0.25, 0.3) is 0 Å². The molecule has 4 heteroatoms. The summed E-state index contributed by atoms with van der Waals surface area (Å²) >= 11 is 0. The summed E-state index contributed by atoms with van der Waals surface area (Å²) < 4.78 is 5.84. The van der Waals surface area contributed by atoms with Crippen LogP contribution in [0, 0.1) is 0 Å². The number of nitrogens with zero attached hydrogens (tertiary/aromatic N) is 1. The lowest BCUT2D eigenvalue weighted by molar-refractivity contribution is 0.0697. The zero-order valence-corrected chi connectivity index (χ0v) is 13.3. The van der Waals surface area contributed by atoms with Crippen LogP contribution >= 0.6 is 0 Å². The van der Waals surface area contributed by atoms with Gasteiger partial charge in [0.2, 0.25) is 0 Å². The lowest BCUT2D eigenvalue weighted by Crippen LogP contribution is -1.99. The number of carboxylic acids is 1. The van der Waals surface area contributed by atoms with E-state index in [0.29, 0.717) is 12.4 Å². The molecule has 0 spiro atoms. The van der Waals surface area contributed by atoms with Gasteiger partial charge in [-0.25, -0.2) is 9.78 Å². The summed E-state index contributed by atoms with van der Waals surface area (Å²) in [4.78, 5) is 15.7. The van der Waals surface area contributed by atoms with Crippen molar-refractivity contribution in [2.75, 3.05) is 0 Å². The Morgan fingerprint density at radius 2 is 1.68 bits per heavy atom. The van der Waals surface area contributed by atoms with Crippen LogP contribution in [0.15, 0.2) is 72.8 Å². The maximum absolute atomic E-state index is 11.1. The molecule has 4 nitrogen and oxygen atoms in total. The number of para-hydroxylation sites is 1. The highest BCUT2D eigenvalue weighted by Gasteiger charge is 2.05. The van der Waals surface area contributed by atoms with Gasteiger partial charge in [0, 0.05) is 5.39 Å². The molecule has 0 saturated heterocycles. The van der Waals surface area contributed by atoms with Gasteiger partial charge < -0.3 is 9.84 Å². The molecule has 0 amide bonds. The Kier molecular flexibility index (Phi) is 3.78. The summed E-state index contributed by atoms with van der Waals surface area (Å²) in [5.41, 5.74) is 2.05. The molecule has 25 heavy (non-hydrogen) atoms. The second kappa shape index (κ2) is 6.24. The maximum Gasteiger partial charge on any atom is 0.335 e. The molecule has 0 unspecified atom stereocenters. The molecule has 0 atom stereocenters. The second-order valence-electron chi connectivity index (χ2n) is 5.81. The average Bonchev–Trinajstić information content (AvgIpc) is 2.65. The normalized spacial score (nSPS) is 10.9. The number of ether oxygens (including phenoxy) is 1. The largest absolute Gasteiger partial charge is 0.487 e. The van der Waals surface area contributed by atoms with Crippen molar-refractivity contribution in [2.45, 2.75) is 6.61 Å². The molecule has 3 aromatic carbocycles. The SMILES string of the molecule is O=C(O)c1ccc2ccc(OCc3ccc4ccccc4n3)cc2c1. The molecule has 1 N–H and O–H groups in total. The summed E-state index contributed by atoms with van der Waals surface area (Å²) in [5.74, 6) is -0.251. The summed E-state index contributed by atoms with van der Waals surface area (Å²) in [7, 11) is 0. The number of carbonyl (C=O) groups is 1. The predicted molar refractivity (Wildman–Crippen MR) is 97.0 cm³/mol. The van der Waals surface area contributed by atoms with Gasteiger partial charge >= 0.3 is 5.97 Å². The number of hydrogen-bond donors (Lipinski definition) is 1. The Labute approximate surface area is 144 Å². The third-order valence-corrected chi connectivity index (χ3v) is 4.10. The number of aromatic carboxylic acids is 1. The van der Waals surface area contributed by atoms with Gasteiger partial charge in [0.05, 0.1) is 16.8 Å². The fourth-order valence-corrected chi connectivity index (χ4v) is 2.79. The summed E-state index contributed by atoms with van der Waals surface area (Å²) in [5, 5.41) is 12.0. The molecule has 122 valence electrons. The summed E-state index contributed by atoms with van der Waals surface area (Å²) in [6.45, 7) is 0.356. The first-order valence-corrected chi connectivity index (χ1v) is 7.94. The predicted octanol–water partition coefficient (Wildman–Crippen LogP) is 4.67. The van der Waals surface area contributed by atoms with E-state index in [1.807, 2.05) is 54.6 Å². The Balaban J connectivity index is 1.57. The van der Waals surface area contributed by atoms with Crippen molar-refractivity contribution < 1.29 is 14.6 Å². The van der Waals surface area contributed by atoms with Crippen LogP contribution < -0.4 is 4.74 Å². The molecule has 4 rings (SSSR count). The second-order valence-corrected chi connectivity index (χ2v) is 5.81. The summed E-state index contributed by atoms with van der Waals surface area (Å²) in [6, 6.07) is 22.6. The van der Waals surface area contributed by atoms with E-state index >= 15 is 0 Å². The van der Waals surface area contributed by atoms with Crippen LogP contribution in [0.25, 0.3) is 21.7 Å². The average molecular weight is 329 g/mol. The van der Waals surface area contributed by atoms with Gasteiger partial charge in [0.1, 0.15) is 12.4 Å². The van der Waals surface area contributed by atoms with Gasteiger partial charge in [-0.1, -0.05) is 36.4 Å². The molecule has 0 aliphatic carbocycles. The van der Waals surface area contributed by atoms with E-state index in [-0.39, 0.29) is 5.56 Å². The molecule has 0 aliphatic rings. The third-order valence-electron chi connectivity index (χ3n) is 4.10. The minimum absolute atomic E-state index is 0.265. The van der Waals surface area contributed by atoms with Crippen molar-refractivity contribution in [3.05, 3.63) is 84.1 Å². The van der Waals surface area contributed by atoms with E-state index in [1.54, 1.807) is 18.2 Å². The molecule has 0 radical (unpaired) electrons. The van der Waals surface area contributed by atoms with E-state index in [0.717, 1.165) is 27.4 Å². The van der Waals surface area contributed by atoms with Crippen LogP contribution in [-0.4, -0.2) is 16.1 Å². The standard InChI is InChI=1S/C21H15NO3/c23-21(24)16-6-5-14-8-10-19(12-17(14)11-16)25-13-18-9-7-15-3-1-2-4-20(15)22-18/h1-12H,13H2,(H,23,24). The molecule has 4 aromatic rings. The van der Waals surface area contributed by atoms with Crippen molar-refractivity contribution in [1.29, 1.82) is 0 Å². The fourth-order valence-electron chi connectivity index (χ4n) is 2.79. The molecule has 0 bridgehead atoms. The molecule has 1 aromatic heterocycles. The van der Waals surface area contributed by atoms with Crippen LogP contribution in [0.5, 0.6) is 5.75 Å². The smallest absolute Gasteiger partial charge is 0.335 e. The number of benzene rings is 3. The topological polar surface area (TPSA) is 59.4 Å². The fraction of sp³-hybridized carbons (Fsp3) is 0.0476. The van der Waals surface area contributed by atoms with Crippen molar-refractivity contribution in [3.8, 4) is 5.75 Å². The number of rotatable bonds is 4. The maximum atomic E-state index is 11.1. The molecule has 0 saturated carbocycles. The Morgan fingerprint density at radius 1 is 0.880 bits per heavy atom. The summed E-state index contributed by atoms with van der Waals surface area (Å²) in [6.07, 6.45) is 0. The Hall–Kier alpha value is -3.40. The van der Waals surface area contributed by atoms with E-state index in [9.17, 15) is 4.79 Å². The monoisotopic (exact) mass is 329 g/mol. The van der Waals surface area contributed by atoms with E-state index in [2.05, 4.69) is 4.98 Å². The van der Waals surface area contributed by atoms with Gasteiger partial charge in [-0.05, 0) is 47.2 Å². The number of pyridine rings is 1. The van der Waals surface area contributed by atoms with Crippen molar-refractivity contribution in [2.24, 2.45) is 0 Å². The number of aromatic nitrogens is 1. The van der Waals surface area contributed by atoms with Gasteiger partial charge in [-0.15, -0.1) is 0 Å². The van der Waals surface area contributed by atoms with Crippen molar-refractivity contribution in [3.63, 3.8) is 0 Å². The van der Waals surface area contributed by atoms with E-state index in [1.165, 1.54) is 0 Å². The van der Waals surface area contributed by atoms with Gasteiger partial charge in [0.15, 0.2) is 0 Å². The van der Waals surface area contributed by atoms with Gasteiger partial charge in [-0.2, -0.15) is 0 Å². The highest BCUT2D eigenvalue weighted by atomic mass is 16.5. The quantitative estimate of drug-likeness (QED) is 0.591. The highest BCUT2D eigenvalue weighted by Crippen LogP contribution is 2.23. The Morgan fingerprint density at radius 3 is 2.56 bits per heavy atom. The number of carboxylic acid groups (broad SMARTS) is 1. The van der Waals surface area contributed by atoms with Gasteiger partial charge in [-0.3, -0.25) is 0 Å². The lowest BCUT2D eigenvalue weighted by atomic mass is 10.1. The minimum Gasteiger partial charge on any atom is -0.487 e. The first kappa shape index (κ1) is 15.1. The van der Waals surface area contributed by atoms with Crippen LogP contribution in [0.4, 0.5) is 0 Å². The van der Waals surface area contributed by atoms with Crippen molar-refractivity contribution >= 4 is 27.6 Å². The number of hydrogen-bond acceptors (Lipinski definition) is 3. The van der Waals surface area contributed by atoms with Crippen LogP contribution in [-0.2, 0) is 6.61 Å². The minimum atomic E-state index is -0.936. The highest BCUT2D eigenvalue weighted by molar-refractivity contribution is 5.94. The van der Waals surface area contributed by atoms with E-state index < -0.39 is 5.97 Å². The first-order chi connectivity index (χ1) is 12.2. The first-order valence-electron chi connectivity index (χ1n) is 7.94. The van der Waals surface area contributed by atoms with Crippen LogP contribution in [0.2, 0.25) is 0 Å². The van der Waals surface area contributed by atoms with Crippen LogP contribution in [0.1, 0.15) is 16.1 Å². The zero-order valence-electron chi connectivity index (χ0n) is 13.3. The number of fused-ring (bicyclic) bond motifs is 2. The molecular formula is C21H15NO3. The molecule has 1 heterocycles. The van der Waals surface area contributed by atoms with Crippen LogP contribution in [0.3, 0.4) is 0 Å². The lowest BCUT2D eigenvalue weighted by Gasteiger charge is -2.08. The molecular weight excluding hydrogens is 314 g/mol. The molecule has 0 aliphatic heterocycles. The molecule has 0 fully saturated rings. The zero-order chi connectivity index (χ0) is 17.2. The van der Waals surface area contributed by atoms with Crippen molar-refractivity contribution in [1.82, 2.24) is 4.98 Å². The Bertz CT molecular complexity index is 1090. The van der Waals surface area contributed by atoms with E-state index in [4.69, 9.17) is 9.84 Å². The third kappa shape index (κ3) is 3.15.